The third-order valence-electron chi connectivity index (χ3n) is 7.55. The summed E-state index contributed by atoms with van der Waals surface area (Å²) in [5.74, 6) is 0.316. The first-order valence-corrected chi connectivity index (χ1v) is 14.5. The van der Waals surface area contributed by atoms with Gasteiger partial charge in [0.2, 0.25) is 5.91 Å². The molecule has 2 aromatic rings. The van der Waals surface area contributed by atoms with Crippen LogP contribution in [-0.2, 0) is 26.9 Å². The average molecular weight is 517 g/mol. The van der Waals surface area contributed by atoms with Crippen LogP contribution >= 0.6 is 0 Å². The van der Waals surface area contributed by atoms with Crippen molar-refractivity contribution in [3.8, 4) is 5.75 Å². The van der Waals surface area contributed by atoms with E-state index in [9.17, 15) is 13.2 Å². The van der Waals surface area contributed by atoms with Gasteiger partial charge in [-0.1, -0.05) is 13.8 Å². The average Bonchev–Trinajstić information content (AvgIpc) is 3.51. The van der Waals surface area contributed by atoms with E-state index in [1.807, 2.05) is 6.92 Å². The highest BCUT2D eigenvalue weighted by Crippen LogP contribution is 2.37. The molecular formula is C27H40N4O4S. The van der Waals surface area contributed by atoms with Crippen LogP contribution in [0.5, 0.6) is 5.75 Å². The van der Waals surface area contributed by atoms with Gasteiger partial charge in [0.1, 0.15) is 12.3 Å². The minimum atomic E-state index is -3.62. The highest BCUT2D eigenvalue weighted by molar-refractivity contribution is 7.90. The molecule has 2 unspecified atom stereocenters. The molecule has 0 saturated heterocycles. The van der Waals surface area contributed by atoms with E-state index >= 15 is 0 Å². The molecule has 0 bridgehead atoms. The van der Waals surface area contributed by atoms with Crippen molar-refractivity contribution in [2.24, 2.45) is 5.41 Å². The third kappa shape index (κ3) is 6.11. The number of carbonyl (C=O) groups is 1. The minimum Gasteiger partial charge on any atom is -0.497 e. The fourth-order valence-electron chi connectivity index (χ4n) is 5.60. The number of rotatable bonds is 9. The largest absolute Gasteiger partial charge is 0.497 e. The van der Waals surface area contributed by atoms with Crippen LogP contribution in [0.1, 0.15) is 68.5 Å². The maximum Gasteiger partial charge on any atom is 0.241 e. The van der Waals surface area contributed by atoms with Gasteiger partial charge in [-0.2, -0.15) is 5.10 Å². The number of nitrogens with zero attached hydrogens (tertiary/aromatic N) is 2. The molecule has 2 fully saturated rings. The molecule has 9 heteroatoms. The lowest BCUT2D eigenvalue weighted by Gasteiger charge is -2.43. The molecule has 8 nitrogen and oxygen atoms in total. The Morgan fingerprint density at radius 3 is 2.31 bits per heavy atom. The number of sulfone groups is 1. The first kappa shape index (κ1) is 26.7. The zero-order valence-corrected chi connectivity index (χ0v) is 23.2. The van der Waals surface area contributed by atoms with Gasteiger partial charge in [-0.15, -0.1) is 0 Å². The molecule has 1 aromatic carbocycles. The van der Waals surface area contributed by atoms with Crippen molar-refractivity contribution in [3.05, 3.63) is 40.7 Å². The first-order chi connectivity index (χ1) is 16.9. The van der Waals surface area contributed by atoms with E-state index in [4.69, 9.17) is 4.74 Å². The summed E-state index contributed by atoms with van der Waals surface area (Å²) in [6.07, 6.45) is 5.62. The summed E-state index contributed by atoms with van der Waals surface area (Å²) >= 11 is 0. The van der Waals surface area contributed by atoms with E-state index in [0.717, 1.165) is 25.0 Å². The summed E-state index contributed by atoms with van der Waals surface area (Å²) in [5.41, 5.74) is 2.49. The smallest absolute Gasteiger partial charge is 0.241 e. The van der Waals surface area contributed by atoms with E-state index in [2.05, 4.69) is 29.6 Å². The lowest BCUT2D eigenvalue weighted by Crippen LogP contribution is -2.53. The van der Waals surface area contributed by atoms with Crippen molar-refractivity contribution >= 4 is 15.7 Å². The summed E-state index contributed by atoms with van der Waals surface area (Å²) in [6.45, 7) is 9.91. The minimum absolute atomic E-state index is 0.00690. The summed E-state index contributed by atoms with van der Waals surface area (Å²) in [5, 5.41) is 11.4. The standard InChI is InChI=1S/C27H40N4O4S/c1-17-11-23(35-6)12-18(2)26(17)36(33,34)16-22-13-19(3)31(30-22)15-25(32)29-24-10-9-21(14-27(24,4)5)28-20-7-8-20/h11-13,20-21,24,28H,7-10,14-16H2,1-6H3,(H,29,32). The van der Waals surface area contributed by atoms with E-state index in [-0.39, 0.29) is 29.7 Å². The third-order valence-corrected chi connectivity index (χ3v) is 9.49. The van der Waals surface area contributed by atoms with Gasteiger partial charge in [-0.05, 0) is 87.6 Å². The van der Waals surface area contributed by atoms with Crippen molar-refractivity contribution in [2.75, 3.05) is 7.11 Å². The predicted molar refractivity (Wildman–Crippen MR) is 140 cm³/mol. The zero-order valence-electron chi connectivity index (χ0n) is 22.3. The number of carbonyl (C=O) groups excluding carboxylic acids is 1. The maximum absolute atomic E-state index is 13.2. The maximum atomic E-state index is 13.2. The summed E-state index contributed by atoms with van der Waals surface area (Å²) in [4.78, 5) is 13.2. The first-order valence-electron chi connectivity index (χ1n) is 12.8. The molecular weight excluding hydrogens is 476 g/mol. The van der Waals surface area contributed by atoms with Gasteiger partial charge >= 0.3 is 0 Å². The molecule has 2 aliphatic rings. The second kappa shape index (κ2) is 10.2. The number of methoxy groups -OCH3 is 1. The molecule has 0 spiro atoms. The molecule has 4 rings (SSSR count). The number of benzene rings is 1. The monoisotopic (exact) mass is 516 g/mol. The number of ether oxygens (including phenoxy) is 1. The van der Waals surface area contributed by atoms with Gasteiger partial charge in [0, 0.05) is 23.8 Å². The molecule has 0 radical (unpaired) electrons. The summed E-state index contributed by atoms with van der Waals surface area (Å²) in [7, 11) is -2.06. The molecule has 0 aliphatic heterocycles. The highest BCUT2D eigenvalue weighted by atomic mass is 32.2. The Kier molecular flexibility index (Phi) is 7.53. The van der Waals surface area contributed by atoms with Crippen molar-refractivity contribution in [3.63, 3.8) is 0 Å². The number of hydrogen-bond donors (Lipinski definition) is 2. The van der Waals surface area contributed by atoms with E-state index in [1.165, 1.54) is 12.8 Å². The van der Waals surface area contributed by atoms with Crippen molar-refractivity contribution in [2.45, 2.75) is 102 Å². The van der Waals surface area contributed by atoms with Gasteiger partial charge in [0.25, 0.3) is 0 Å². The van der Waals surface area contributed by atoms with E-state index < -0.39 is 9.84 Å². The van der Waals surface area contributed by atoms with Crippen LogP contribution in [0.15, 0.2) is 23.1 Å². The van der Waals surface area contributed by atoms with Crippen LogP contribution in [-0.4, -0.2) is 49.3 Å². The summed E-state index contributed by atoms with van der Waals surface area (Å²) < 4.78 is 33.3. The number of aryl methyl sites for hydroxylation is 3. The van der Waals surface area contributed by atoms with Crippen molar-refractivity contribution < 1.29 is 17.9 Å². The van der Waals surface area contributed by atoms with E-state index in [1.54, 1.807) is 43.8 Å². The van der Waals surface area contributed by atoms with Crippen LogP contribution in [0, 0.1) is 26.2 Å². The Morgan fingerprint density at radius 2 is 1.72 bits per heavy atom. The fraction of sp³-hybridized carbons (Fsp3) is 0.630. The molecule has 2 aliphatic carbocycles. The lowest BCUT2D eigenvalue weighted by molar-refractivity contribution is -0.123. The van der Waals surface area contributed by atoms with Crippen molar-refractivity contribution in [1.29, 1.82) is 0 Å². The molecule has 36 heavy (non-hydrogen) atoms. The molecule has 1 amide bonds. The second-order valence-corrected chi connectivity index (χ2v) is 13.2. The van der Waals surface area contributed by atoms with Crippen LogP contribution in [0.2, 0.25) is 0 Å². The topological polar surface area (TPSA) is 102 Å². The number of nitrogens with one attached hydrogen (secondary N) is 2. The lowest BCUT2D eigenvalue weighted by atomic mass is 9.71. The van der Waals surface area contributed by atoms with Crippen LogP contribution < -0.4 is 15.4 Å². The SMILES string of the molecule is COc1cc(C)c(S(=O)(=O)Cc2cc(C)n(CC(=O)NC3CCC(NC4CC4)CC3(C)C)n2)c(C)c1. The molecule has 2 saturated carbocycles. The molecule has 198 valence electrons. The predicted octanol–water partition coefficient (Wildman–Crippen LogP) is 3.61. The number of hydrogen-bond acceptors (Lipinski definition) is 6. The Balaban J connectivity index is 1.40. The van der Waals surface area contributed by atoms with Crippen LogP contribution in [0.4, 0.5) is 0 Å². The van der Waals surface area contributed by atoms with Crippen LogP contribution in [0.3, 0.4) is 0 Å². The van der Waals surface area contributed by atoms with Crippen molar-refractivity contribution in [1.82, 2.24) is 20.4 Å². The Labute approximate surface area is 215 Å². The highest BCUT2D eigenvalue weighted by Gasteiger charge is 2.39. The van der Waals surface area contributed by atoms with Gasteiger partial charge in [0.15, 0.2) is 9.84 Å². The molecule has 1 aromatic heterocycles. The van der Waals surface area contributed by atoms with Gasteiger partial charge in [-0.25, -0.2) is 8.42 Å². The second-order valence-electron chi connectivity index (χ2n) is 11.3. The number of amides is 1. The van der Waals surface area contributed by atoms with Gasteiger partial charge < -0.3 is 15.4 Å². The Morgan fingerprint density at radius 1 is 1.08 bits per heavy atom. The normalized spacial score (nSPS) is 21.8. The molecule has 2 N–H and O–H groups in total. The Bertz CT molecular complexity index is 1210. The van der Waals surface area contributed by atoms with E-state index in [0.29, 0.717) is 39.5 Å². The number of aromatic nitrogens is 2. The molecule has 1 heterocycles. The van der Waals surface area contributed by atoms with Gasteiger partial charge in [0.05, 0.1) is 23.5 Å². The zero-order chi connectivity index (χ0) is 26.3. The van der Waals surface area contributed by atoms with Gasteiger partial charge in [-0.3, -0.25) is 9.48 Å². The summed E-state index contributed by atoms with van der Waals surface area (Å²) in [6, 6.07) is 6.53. The fourth-order valence-corrected chi connectivity index (χ4v) is 7.38. The quantitative estimate of drug-likeness (QED) is 0.528. The Hall–Kier alpha value is -2.39. The van der Waals surface area contributed by atoms with Crippen LogP contribution in [0.25, 0.3) is 0 Å². The molecule has 2 atom stereocenters.